The minimum atomic E-state index is -0.265. The molecule has 7 heteroatoms. The van der Waals surface area contributed by atoms with Crippen molar-refractivity contribution in [1.82, 2.24) is 15.5 Å². The molecule has 0 aliphatic rings. The van der Waals surface area contributed by atoms with Crippen molar-refractivity contribution in [2.24, 2.45) is 0 Å². The molecule has 0 aliphatic carbocycles. The second kappa shape index (κ2) is 9.93. The van der Waals surface area contributed by atoms with Gasteiger partial charge in [0.05, 0.1) is 0 Å². The molecule has 150 valence electrons. The molecule has 3 rings (SSSR count). The number of carbonyl (C=O) groups excluding carboxylic acids is 2. The Morgan fingerprint density at radius 3 is 2.66 bits per heavy atom. The van der Waals surface area contributed by atoms with Gasteiger partial charge in [0.15, 0.2) is 0 Å². The van der Waals surface area contributed by atoms with Crippen molar-refractivity contribution in [3.05, 3.63) is 75.2 Å². The van der Waals surface area contributed by atoms with Gasteiger partial charge in [0.25, 0.3) is 5.91 Å². The van der Waals surface area contributed by atoms with Crippen LogP contribution in [-0.2, 0) is 17.8 Å². The van der Waals surface area contributed by atoms with Gasteiger partial charge in [0.1, 0.15) is 5.01 Å². The number of amides is 2. The van der Waals surface area contributed by atoms with E-state index in [1.165, 1.54) is 16.9 Å². The third-order valence-electron chi connectivity index (χ3n) is 4.42. The molecule has 0 spiro atoms. The third kappa shape index (κ3) is 6.22. The summed E-state index contributed by atoms with van der Waals surface area (Å²) in [5, 5.41) is 14.9. The van der Waals surface area contributed by atoms with E-state index in [0.29, 0.717) is 30.8 Å². The topological polar surface area (TPSA) is 84.0 Å². The summed E-state index contributed by atoms with van der Waals surface area (Å²) in [4.78, 5) is 24.4. The quantitative estimate of drug-likeness (QED) is 0.589. The van der Waals surface area contributed by atoms with Gasteiger partial charge in [0, 0.05) is 25.1 Å². The molecule has 2 amide bonds. The summed E-state index contributed by atoms with van der Waals surface area (Å²) in [5.74, 6) is -0.257. The molecule has 29 heavy (non-hydrogen) atoms. The van der Waals surface area contributed by atoms with Crippen LogP contribution in [0, 0.1) is 13.8 Å². The van der Waals surface area contributed by atoms with Crippen molar-refractivity contribution < 1.29 is 9.59 Å². The van der Waals surface area contributed by atoms with Gasteiger partial charge in [-0.3, -0.25) is 9.59 Å². The van der Waals surface area contributed by atoms with E-state index in [2.05, 4.69) is 26.9 Å². The number of carbonyl (C=O) groups is 2. The van der Waals surface area contributed by atoms with E-state index >= 15 is 0 Å². The summed E-state index contributed by atoms with van der Waals surface area (Å²) < 4.78 is 0. The van der Waals surface area contributed by atoms with Crippen molar-refractivity contribution in [2.45, 2.75) is 39.7 Å². The van der Waals surface area contributed by atoms with Gasteiger partial charge in [-0.2, -0.15) is 0 Å². The first-order valence-electron chi connectivity index (χ1n) is 9.53. The van der Waals surface area contributed by atoms with E-state index in [0.717, 1.165) is 21.8 Å². The molecular formula is C22H24N4O2S. The monoisotopic (exact) mass is 408 g/mol. The maximum absolute atomic E-state index is 12.3. The van der Waals surface area contributed by atoms with E-state index in [9.17, 15) is 9.59 Å². The summed E-state index contributed by atoms with van der Waals surface area (Å²) in [5.41, 5.74) is 4.02. The largest absolute Gasteiger partial charge is 0.352 e. The Bertz CT molecular complexity index is 1000. The van der Waals surface area contributed by atoms with Crippen LogP contribution >= 0.6 is 11.3 Å². The third-order valence-corrected chi connectivity index (χ3v) is 5.40. The highest BCUT2D eigenvalue weighted by molar-refractivity contribution is 7.13. The normalized spacial score (nSPS) is 10.6. The van der Waals surface area contributed by atoms with E-state index in [1.54, 1.807) is 0 Å². The Kier molecular flexibility index (Phi) is 7.08. The van der Waals surface area contributed by atoms with Gasteiger partial charge in [-0.1, -0.05) is 59.4 Å². The first kappa shape index (κ1) is 20.7. The van der Waals surface area contributed by atoms with E-state index in [1.807, 2.05) is 56.3 Å². The average Bonchev–Trinajstić information content (AvgIpc) is 3.17. The van der Waals surface area contributed by atoms with Crippen LogP contribution in [0.3, 0.4) is 0 Å². The lowest BCUT2D eigenvalue weighted by Crippen LogP contribution is -2.22. The van der Waals surface area contributed by atoms with Gasteiger partial charge in [-0.25, -0.2) is 0 Å². The number of aromatic nitrogens is 2. The molecular weight excluding hydrogens is 384 g/mol. The fourth-order valence-electron chi connectivity index (χ4n) is 2.85. The molecule has 1 heterocycles. The Hall–Kier alpha value is -3.06. The molecule has 0 unspecified atom stereocenters. The number of hydrogen-bond donors (Lipinski definition) is 2. The number of benzene rings is 2. The summed E-state index contributed by atoms with van der Waals surface area (Å²) >= 11 is 1.26. The number of anilines is 1. The van der Waals surface area contributed by atoms with Crippen LogP contribution in [0.15, 0.2) is 48.5 Å². The van der Waals surface area contributed by atoms with Crippen LogP contribution in [0.2, 0.25) is 0 Å². The molecule has 0 radical (unpaired) electrons. The molecule has 6 nitrogen and oxygen atoms in total. The highest BCUT2D eigenvalue weighted by atomic mass is 32.1. The zero-order valence-corrected chi connectivity index (χ0v) is 17.4. The summed E-state index contributed by atoms with van der Waals surface area (Å²) in [6.45, 7) is 4.50. The second-order valence-electron chi connectivity index (χ2n) is 6.89. The number of nitrogens with one attached hydrogen (secondary N) is 2. The van der Waals surface area contributed by atoms with Crippen LogP contribution in [0.5, 0.6) is 0 Å². The molecule has 0 bridgehead atoms. The van der Waals surface area contributed by atoms with Gasteiger partial charge < -0.3 is 10.6 Å². The average molecular weight is 409 g/mol. The van der Waals surface area contributed by atoms with Gasteiger partial charge >= 0.3 is 0 Å². The van der Waals surface area contributed by atoms with Gasteiger partial charge in [-0.05, 0) is 37.5 Å². The van der Waals surface area contributed by atoms with Gasteiger partial charge in [0.2, 0.25) is 10.9 Å². The standard InChI is InChI=1S/C22H24N4O2S/c1-15-7-5-9-17(13-15)14-23-19(27)11-6-12-20-25-26-22(29-20)21(28)24-18-10-4-3-8-16(18)2/h3-5,7-10,13H,6,11-12,14H2,1-2H3,(H,23,27)(H,24,28). The second-order valence-corrected chi connectivity index (χ2v) is 7.95. The predicted octanol–water partition coefficient (Wildman–Crippen LogP) is 4.05. The Labute approximate surface area is 174 Å². The van der Waals surface area contributed by atoms with E-state index in [-0.39, 0.29) is 11.8 Å². The lowest BCUT2D eigenvalue weighted by atomic mass is 10.1. The molecule has 0 aliphatic heterocycles. The SMILES string of the molecule is Cc1cccc(CNC(=O)CCCc2nnc(C(=O)Nc3ccccc3C)s2)c1. The van der Waals surface area contributed by atoms with Crippen molar-refractivity contribution >= 4 is 28.8 Å². The van der Waals surface area contributed by atoms with Gasteiger partial charge in [-0.15, -0.1) is 10.2 Å². The zero-order chi connectivity index (χ0) is 20.6. The summed E-state index contributed by atoms with van der Waals surface area (Å²) in [6, 6.07) is 15.7. The Balaban J connectivity index is 1.42. The van der Waals surface area contributed by atoms with Crippen LogP contribution in [-0.4, -0.2) is 22.0 Å². The summed E-state index contributed by atoms with van der Waals surface area (Å²) in [6.07, 6.45) is 1.69. The number of rotatable bonds is 8. The highest BCUT2D eigenvalue weighted by Crippen LogP contribution is 2.17. The number of hydrogen-bond acceptors (Lipinski definition) is 5. The molecule has 2 N–H and O–H groups in total. The molecule has 0 fully saturated rings. The van der Waals surface area contributed by atoms with Crippen molar-refractivity contribution in [3.8, 4) is 0 Å². The first-order chi connectivity index (χ1) is 14.0. The molecule has 0 saturated carbocycles. The van der Waals surface area contributed by atoms with E-state index < -0.39 is 0 Å². The fraction of sp³-hybridized carbons (Fsp3) is 0.273. The minimum absolute atomic E-state index is 0.00791. The molecule has 1 aromatic heterocycles. The molecule has 0 saturated heterocycles. The first-order valence-corrected chi connectivity index (χ1v) is 10.3. The lowest BCUT2D eigenvalue weighted by molar-refractivity contribution is -0.121. The number of aryl methyl sites for hydroxylation is 3. The van der Waals surface area contributed by atoms with Crippen LogP contribution < -0.4 is 10.6 Å². The maximum atomic E-state index is 12.3. The summed E-state index contributed by atoms with van der Waals surface area (Å²) in [7, 11) is 0. The van der Waals surface area contributed by atoms with E-state index in [4.69, 9.17) is 0 Å². The van der Waals surface area contributed by atoms with Crippen LogP contribution in [0.1, 0.15) is 44.3 Å². The Morgan fingerprint density at radius 1 is 1.03 bits per heavy atom. The molecule has 0 atom stereocenters. The predicted molar refractivity (Wildman–Crippen MR) is 115 cm³/mol. The number of nitrogens with zero attached hydrogens (tertiary/aromatic N) is 2. The zero-order valence-electron chi connectivity index (χ0n) is 16.6. The van der Waals surface area contributed by atoms with Crippen molar-refractivity contribution in [3.63, 3.8) is 0 Å². The molecule has 3 aromatic rings. The molecule has 2 aromatic carbocycles. The van der Waals surface area contributed by atoms with Crippen molar-refractivity contribution in [1.29, 1.82) is 0 Å². The smallest absolute Gasteiger partial charge is 0.286 e. The minimum Gasteiger partial charge on any atom is -0.352 e. The number of para-hydroxylation sites is 1. The van der Waals surface area contributed by atoms with Crippen LogP contribution in [0.25, 0.3) is 0 Å². The van der Waals surface area contributed by atoms with Crippen molar-refractivity contribution in [2.75, 3.05) is 5.32 Å². The Morgan fingerprint density at radius 2 is 1.86 bits per heavy atom. The lowest BCUT2D eigenvalue weighted by Gasteiger charge is -2.06. The maximum Gasteiger partial charge on any atom is 0.286 e. The van der Waals surface area contributed by atoms with Crippen LogP contribution in [0.4, 0.5) is 5.69 Å². The fourth-order valence-corrected chi connectivity index (χ4v) is 3.62. The highest BCUT2D eigenvalue weighted by Gasteiger charge is 2.14.